The van der Waals surface area contributed by atoms with Gasteiger partial charge in [0.05, 0.1) is 43.1 Å². The van der Waals surface area contributed by atoms with Crippen LogP contribution in [0.25, 0.3) is 22.4 Å². The third kappa shape index (κ3) is 8.61. The highest BCUT2D eigenvalue weighted by atomic mass is 19.1. The lowest BCUT2D eigenvalue weighted by atomic mass is 9.94. The van der Waals surface area contributed by atoms with E-state index in [-0.39, 0.29) is 37.1 Å². The van der Waals surface area contributed by atoms with Crippen molar-refractivity contribution >= 4 is 23.5 Å². The number of carbonyl (C=O) groups is 3. The van der Waals surface area contributed by atoms with Gasteiger partial charge in [0.1, 0.15) is 5.82 Å². The maximum absolute atomic E-state index is 14.4. The zero-order valence-electron chi connectivity index (χ0n) is 27.6. The van der Waals surface area contributed by atoms with E-state index >= 15 is 0 Å². The minimum atomic E-state index is -1.21. The number of aliphatic carboxylic acids is 1. The highest BCUT2D eigenvalue weighted by Crippen LogP contribution is 2.42. The fraction of sp³-hybridized carbons (Fsp3) is 0.342. The number of hydrogen-bond acceptors (Lipinski definition) is 6. The Kier molecular flexibility index (Phi) is 11.6. The Hall–Kier alpha value is -4.84. The summed E-state index contributed by atoms with van der Waals surface area (Å²) in [6.07, 6.45) is -2.68. The molecule has 1 aromatic heterocycles. The molecule has 1 saturated heterocycles. The number of ether oxygens (including phenoxy) is 1. The van der Waals surface area contributed by atoms with Gasteiger partial charge in [0.25, 0.3) is 11.8 Å². The number of rotatable bonds is 13. The summed E-state index contributed by atoms with van der Waals surface area (Å²) in [5.41, 5.74) is 4.81. The summed E-state index contributed by atoms with van der Waals surface area (Å²) in [6.45, 7) is 6.18. The zero-order valence-corrected chi connectivity index (χ0v) is 27.6. The molecular weight excluding hydrogens is 629 g/mol. The van der Waals surface area contributed by atoms with Crippen molar-refractivity contribution in [1.82, 2.24) is 9.47 Å². The lowest BCUT2D eigenvalue weighted by Gasteiger charge is -2.26. The largest absolute Gasteiger partial charge is 0.481 e. The van der Waals surface area contributed by atoms with E-state index in [9.17, 15) is 29.0 Å². The average molecular weight is 672 g/mol. The number of aliphatic hydroxyl groups is 2. The predicted molar refractivity (Wildman–Crippen MR) is 184 cm³/mol. The van der Waals surface area contributed by atoms with Crippen molar-refractivity contribution in [2.75, 3.05) is 31.6 Å². The van der Waals surface area contributed by atoms with Crippen molar-refractivity contribution in [2.24, 2.45) is 0 Å². The van der Waals surface area contributed by atoms with Gasteiger partial charge in [0, 0.05) is 42.1 Å². The Morgan fingerprint density at radius 2 is 1.53 bits per heavy atom. The van der Waals surface area contributed by atoms with Crippen LogP contribution in [0.4, 0.5) is 10.1 Å². The molecule has 1 fully saturated rings. The summed E-state index contributed by atoms with van der Waals surface area (Å²) < 4.78 is 21.5. The van der Waals surface area contributed by atoms with Crippen LogP contribution in [0.5, 0.6) is 0 Å². The van der Waals surface area contributed by atoms with Crippen LogP contribution in [0.2, 0.25) is 0 Å². The van der Waals surface area contributed by atoms with Crippen molar-refractivity contribution in [3.05, 3.63) is 102 Å². The quantitative estimate of drug-likeness (QED) is 0.141. The lowest BCUT2D eigenvalue weighted by Crippen LogP contribution is -2.40. The Balaban J connectivity index is 1.56. The fourth-order valence-corrected chi connectivity index (χ4v) is 6.33. The number of aromatic nitrogens is 1. The van der Waals surface area contributed by atoms with Gasteiger partial charge in [0.2, 0.25) is 0 Å². The maximum atomic E-state index is 14.4. The summed E-state index contributed by atoms with van der Waals surface area (Å²) in [4.78, 5) is 40.2. The molecule has 10 nitrogen and oxygen atoms in total. The molecule has 4 aromatic rings. The topological polar surface area (TPSA) is 141 Å². The van der Waals surface area contributed by atoms with Gasteiger partial charge < -0.3 is 34.8 Å². The van der Waals surface area contributed by atoms with E-state index in [4.69, 9.17) is 9.84 Å². The molecule has 1 aliphatic heterocycles. The van der Waals surface area contributed by atoms with E-state index < -0.39 is 30.4 Å². The highest BCUT2D eigenvalue weighted by Gasteiger charge is 2.31. The molecule has 0 aliphatic carbocycles. The van der Waals surface area contributed by atoms with Gasteiger partial charge in [-0.15, -0.1) is 0 Å². The Morgan fingerprint density at radius 1 is 0.878 bits per heavy atom. The number of hydrogen-bond donors (Lipinski definition) is 4. The molecule has 11 heteroatoms. The second kappa shape index (κ2) is 16.0. The SMILES string of the molecule is CC(C)c1c(C(=O)Nc2ccc(C(=O)N3CCOCC3)cc2)c(-c2ccccc2)c(-c2ccc(F)cc2)n1CC[C@@H](O)C[C@@H](O)CC(=O)O. The monoisotopic (exact) mass is 671 g/mol. The van der Waals surface area contributed by atoms with E-state index in [0.29, 0.717) is 65.6 Å². The van der Waals surface area contributed by atoms with Gasteiger partial charge in [-0.2, -0.15) is 0 Å². The number of morpholine rings is 1. The predicted octanol–water partition coefficient (Wildman–Crippen LogP) is 5.79. The number of carbonyl (C=O) groups excluding carboxylic acids is 2. The van der Waals surface area contributed by atoms with Crippen LogP contribution in [0.1, 0.15) is 65.4 Å². The number of amides is 2. The molecule has 1 aliphatic rings. The molecule has 2 heterocycles. The molecule has 2 amide bonds. The van der Waals surface area contributed by atoms with E-state index in [2.05, 4.69) is 5.32 Å². The van der Waals surface area contributed by atoms with Crippen LogP contribution in [0, 0.1) is 5.82 Å². The Bertz CT molecular complexity index is 1750. The number of aliphatic hydroxyl groups excluding tert-OH is 2. The van der Waals surface area contributed by atoms with Crippen molar-refractivity contribution in [3.8, 4) is 22.4 Å². The molecule has 2 atom stereocenters. The third-order valence-corrected chi connectivity index (χ3v) is 8.59. The Morgan fingerprint density at radius 3 is 2.14 bits per heavy atom. The molecule has 5 rings (SSSR count). The second-order valence-electron chi connectivity index (χ2n) is 12.5. The molecule has 4 N–H and O–H groups in total. The first kappa shape index (κ1) is 35.5. The molecular formula is C38H42FN3O7. The van der Waals surface area contributed by atoms with E-state index in [0.717, 1.165) is 5.56 Å². The number of halogens is 1. The van der Waals surface area contributed by atoms with Crippen LogP contribution in [-0.4, -0.2) is 81.1 Å². The molecule has 0 saturated carbocycles. The van der Waals surface area contributed by atoms with Crippen LogP contribution >= 0.6 is 0 Å². The van der Waals surface area contributed by atoms with Gasteiger partial charge in [0.15, 0.2) is 0 Å². The van der Waals surface area contributed by atoms with Crippen molar-refractivity contribution in [2.45, 2.75) is 57.8 Å². The Labute approximate surface area is 284 Å². The first-order chi connectivity index (χ1) is 23.5. The van der Waals surface area contributed by atoms with E-state index in [1.807, 2.05) is 48.7 Å². The first-order valence-electron chi connectivity index (χ1n) is 16.5. The van der Waals surface area contributed by atoms with Crippen LogP contribution < -0.4 is 5.32 Å². The third-order valence-electron chi connectivity index (χ3n) is 8.59. The summed E-state index contributed by atoms with van der Waals surface area (Å²) in [6, 6.07) is 22.2. The number of anilines is 1. The normalized spacial score (nSPS) is 14.4. The molecule has 3 aromatic carbocycles. The number of carboxylic acids is 1. The maximum Gasteiger partial charge on any atom is 0.305 e. The van der Waals surface area contributed by atoms with E-state index in [1.54, 1.807) is 41.3 Å². The number of carboxylic acid groups (broad SMARTS) is 1. The van der Waals surface area contributed by atoms with Gasteiger partial charge in [-0.3, -0.25) is 14.4 Å². The summed E-state index contributed by atoms with van der Waals surface area (Å²) in [5.74, 6) is -2.24. The zero-order chi connectivity index (χ0) is 35.1. The molecule has 258 valence electrons. The molecule has 0 radical (unpaired) electrons. The minimum Gasteiger partial charge on any atom is -0.481 e. The number of benzene rings is 3. The highest BCUT2D eigenvalue weighted by molar-refractivity contribution is 6.12. The van der Waals surface area contributed by atoms with Crippen LogP contribution in [-0.2, 0) is 16.1 Å². The summed E-state index contributed by atoms with van der Waals surface area (Å²) in [5, 5.41) is 33.1. The summed E-state index contributed by atoms with van der Waals surface area (Å²) >= 11 is 0. The number of nitrogens with one attached hydrogen (secondary N) is 1. The van der Waals surface area contributed by atoms with Gasteiger partial charge in [-0.05, 0) is 78.4 Å². The van der Waals surface area contributed by atoms with Gasteiger partial charge >= 0.3 is 5.97 Å². The fourth-order valence-electron chi connectivity index (χ4n) is 6.33. The second-order valence-corrected chi connectivity index (χ2v) is 12.5. The smallest absolute Gasteiger partial charge is 0.305 e. The minimum absolute atomic E-state index is 0.103. The molecule has 0 spiro atoms. The first-order valence-corrected chi connectivity index (χ1v) is 16.5. The van der Waals surface area contributed by atoms with E-state index in [1.165, 1.54) is 12.1 Å². The number of nitrogens with zero attached hydrogens (tertiary/aromatic N) is 2. The average Bonchev–Trinajstić information content (AvgIpc) is 3.44. The van der Waals surface area contributed by atoms with Gasteiger partial charge in [-0.25, -0.2) is 4.39 Å². The molecule has 49 heavy (non-hydrogen) atoms. The summed E-state index contributed by atoms with van der Waals surface area (Å²) in [7, 11) is 0. The van der Waals surface area contributed by atoms with Crippen molar-refractivity contribution in [3.63, 3.8) is 0 Å². The van der Waals surface area contributed by atoms with Crippen molar-refractivity contribution in [1.29, 1.82) is 0 Å². The van der Waals surface area contributed by atoms with Crippen molar-refractivity contribution < 1.29 is 38.8 Å². The standard InChI is InChI=1S/C38H42FN3O7/c1-24(2)35-34(37(47)40-29-14-10-27(11-15-29)38(48)41-18-20-49-21-19-41)33(25-6-4-3-5-7-25)36(26-8-12-28(39)13-9-26)42(35)17-16-30(43)22-31(44)23-32(45)46/h3-15,24,30-31,43-44H,16-23H2,1-2H3,(H,40,47)(H,45,46)/t30-,31-/m1/s1. The van der Waals surface area contributed by atoms with Gasteiger partial charge in [-0.1, -0.05) is 44.2 Å². The molecule has 0 unspecified atom stereocenters. The molecule has 0 bridgehead atoms. The van der Waals surface area contributed by atoms with Crippen LogP contribution in [0.15, 0.2) is 78.9 Å². The van der Waals surface area contributed by atoms with Crippen LogP contribution in [0.3, 0.4) is 0 Å². The lowest BCUT2D eigenvalue weighted by molar-refractivity contribution is -0.139.